The zero-order chi connectivity index (χ0) is 10.9. The molecule has 2 heterocycles. The molecular weight excluding hydrogens is 216 g/mol. The highest BCUT2D eigenvalue weighted by atomic mass is 35.5. The molecule has 0 aromatic carbocycles. The lowest BCUT2D eigenvalue weighted by atomic mass is 10.1. The van der Waals surface area contributed by atoms with Crippen LogP contribution < -0.4 is 4.90 Å². The van der Waals surface area contributed by atoms with Crippen LogP contribution in [0.1, 0.15) is 0 Å². The third-order valence-electron chi connectivity index (χ3n) is 2.65. The Hall–Kier alpha value is -0.840. The molecule has 5 heteroatoms. The van der Waals surface area contributed by atoms with Gasteiger partial charge in [0.05, 0.1) is 18.1 Å². The number of halogens is 1. The first-order valence-corrected chi connectivity index (χ1v) is 5.04. The average Bonchev–Trinajstić information content (AvgIpc) is 2.20. The molecule has 15 heavy (non-hydrogen) atoms. The zero-order valence-corrected chi connectivity index (χ0v) is 9.49. The average molecular weight is 229 g/mol. The number of methoxy groups -OCH3 is 2. The topological polar surface area (TPSA) is 34.6 Å². The molecule has 0 atom stereocenters. The normalized spacial score (nSPS) is 18.7. The van der Waals surface area contributed by atoms with Gasteiger partial charge in [0.1, 0.15) is 5.82 Å². The molecule has 1 aliphatic heterocycles. The van der Waals surface area contributed by atoms with E-state index >= 15 is 0 Å². The smallest absolute Gasteiger partial charge is 0.203 e. The number of aromatic nitrogens is 1. The number of ether oxygens (including phenoxy) is 2. The summed E-state index contributed by atoms with van der Waals surface area (Å²) in [7, 11) is 3.28. The van der Waals surface area contributed by atoms with Gasteiger partial charge in [0.2, 0.25) is 5.79 Å². The first-order chi connectivity index (χ1) is 7.21. The molecule has 0 amide bonds. The van der Waals surface area contributed by atoms with Crippen molar-refractivity contribution in [2.24, 2.45) is 0 Å². The third kappa shape index (κ3) is 1.80. The van der Waals surface area contributed by atoms with E-state index in [0.717, 1.165) is 5.82 Å². The molecule has 4 nitrogen and oxygen atoms in total. The largest absolute Gasteiger partial charge is 0.350 e. The molecule has 1 aromatic heterocycles. The van der Waals surface area contributed by atoms with E-state index < -0.39 is 5.79 Å². The van der Waals surface area contributed by atoms with Gasteiger partial charge < -0.3 is 14.4 Å². The van der Waals surface area contributed by atoms with Gasteiger partial charge in [-0.15, -0.1) is 0 Å². The van der Waals surface area contributed by atoms with E-state index in [-0.39, 0.29) is 0 Å². The lowest BCUT2D eigenvalue weighted by Gasteiger charge is -2.48. The highest BCUT2D eigenvalue weighted by Crippen LogP contribution is 2.33. The molecule has 1 saturated heterocycles. The van der Waals surface area contributed by atoms with E-state index in [1.165, 1.54) is 0 Å². The van der Waals surface area contributed by atoms with Gasteiger partial charge in [-0.2, -0.15) is 0 Å². The summed E-state index contributed by atoms with van der Waals surface area (Å²) < 4.78 is 10.6. The summed E-state index contributed by atoms with van der Waals surface area (Å²) >= 11 is 6.03. The van der Waals surface area contributed by atoms with Crippen LogP contribution in [0.4, 0.5) is 5.82 Å². The van der Waals surface area contributed by atoms with Crippen molar-refractivity contribution < 1.29 is 9.47 Å². The minimum absolute atomic E-state index is 0.499. The van der Waals surface area contributed by atoms with Crippen molar-refractivity contribution in [2.45, 2.75) is 5.79 Å². The van der Waals surface area contributed by atoms with E-state index in [0.29, 0.717) is 18.1 Å². The van der Waals surface area contributed by atoms with Gasteiger partial charge >= 0.3 is 0 Å². The molecule has 0 unspecified atom stereocenters. The maximum Gasteiger partial charge on any atom is 0.203 e. The van der Waals surface area contributed by atoms with Crippen LogP contribution in [0.25, 0.3) is 0 Å². The van der Waals surface area contributed by atoms with Crippen molar-refractivity contribution in [3.8, 4) is 0 Å². The third-order valence-corrected chi connectivity index (χ3v) is 2.94. The van der Waals surface area contributed by atoms with Gasteiger partial charge in [-0.25, -0.2) is 4.98 Å². The maximum atomic E-state index is 6.03. The second-order valence-corrected chi connectivity index (χ2v) is 3.89. The second-order valence-electron chi connectivity index (χ2n) is 3.48. The van der Waals surface area contributed by atoms with Gasteiger partial charge in [0, 0.05) is 20.4 Å². The van der Waals surface area contributed by atoms with Crippen molar-refractivity contribution in [1.82, 2.24) is 4.98 Å². The molecule has 0 N–H and O–H groups in total. The molecule has 1 fully saturated rings. The number of hydrogen-bond acceptors (Lipinski definition) is 4. The molecule has 1 aromatic rings. The minimum Gasteiger partial charge on any atom is -0.350 e. The summed E-state index contributed by atoms with van der Waals surface area (Å²) in [6, 6.07) is 3.63. The van der Waals surface area contributed by atoms with Crippen molar-refractivity contribution in [2.75, 3.05) is 32.2 Å². The number of hydrogen-bond donors (Lipinski definition) is 0. The van der Waals surface area contributed by atoms with E-state index in [1.54, 1.807) is 20.4 Å². The lowest BCUT2D eigenvalue weighted by molar-refractivity contribution is -0.219. The van der Waals surface area contributed by atoms with Crippen molar-refractivity contribution >= 4 is 17.4 Å². The van der Waals surface area contributed by atoms with Crippen molar-refractivity contribution in [3.05, 3.63) is 23.4 Å². The first-order valence-electron chi connectivity index (χ1n) is 4.66. The fourth-order valence-corrected chi connectivity index (χ4v) is 1.88. The van der Waals surface area contributed by atoms with Crippen molar-refractivity contribution in [3.63, 3.8) is 0 Å². The van der Waals surface area contributed by atoms with E-state index in [1.807, 2.05) is 17.0 Å². The summed E-state index contributed by atoms with van der Waals surface area (Å²) in [4.78, 5) is 6.24. The van der Waals surface area contributed by atoms with E-state index in [9.17, 15) is 0 Å². The molecule has 0 spiro atoms. The zero-order valence-electron chi connectivity index (χ0n) is 8.74. The molecular formula is C10H13ClN2O2. The van der Waals surface area contributed by atoms with Crippen LogP contribution in [0.15, 0.2) is 18.3 Å². The van der Waals surface area contributed by atoms with Gasteiger partial charge in [-0.05, 0) is 12.1 Å². The Morgan fingerprint density at radius 1 is 1.40 bits per heavy atom. The van der Waals surface area contributed by atoms with Crippen LogP contribution in [0.3, 0.4) is 0 Å². The summed E-state index contributed by atoms with van der Waals surface area (Å²) in [6.07, 6.45) is 1.72. The van der Waals surface area contributed by atoms with Crippen LogP contribution in [0.2, 0.25) is 5.02 Å². The summed E-state index contributed by atoms with van der Waals surface area (Å²) in [5.74, 6) is 0.282. The SMILES string of the molecule is COC1(OC)CN(c2ncccc2Cl)C1. The fraction of sp³-hybridized carbons (Fsp3) is 0.500. The van der Waals surface area contributed by atoms with Gasteiger partial charge in [0.15, 0.2) is 0 Å². The number of anilines is 1. The number of nitrogens with zero attached hydrogens (tertiary/aromatic N) is 2. The van der Waals surface area contributed by atoms with Gasteiger partial charge in [-0.1, -0.05) is 11.6 Å². The maximum absolute atomic E-state index is 6.03. The highest BCUT2D eigenvalue weighted by molar-refractivity contribution is 6.32. The predicted octanol–water partition coefficient (Wildman–Crippen LogP) is 1.54. The summed E-state index contributed by atoms with van der Waals surface area (Å²) in [5, 5.41) is 0.651. The molecule has 0 bridgehead atoms. The summed E-state index contributed by atoms with van der Waals surface area (Å²) in [6.45, 7) is 1.30. The quantitative estimate of drug-likeness (QED) is 0.736. The Labute approximate surface area is 93.8 Å². The molecule has 2 rings (SSSR count). The molecule has 82 valence electrons. The molecule has 0 aliphatic carbocycles. The Balaban J connectivity index is 2.09. The number of rotatable bonds is 3. The Morgan fingerprint density at radius 2 is 2.07 bits per heavy atom. The number of pyridine rings is 1. The van der Waals surface area contributed by atoms with Crippen LogP contribution in [0, 0.1) is 0 Å². The standard InChI is InChI=1S/C10H13ClN2O2/c1-14-10(15-2)6-13(7-10)9-8(11)4-3-5-12-9/h3-5H,6-7H2,1-2H3. The van der Waals surface area contributed by atoms with E-state index in [2.05, 4.69) is 4.98 Å². The Kier molecular flexibility index (Phi) is 2.82. The fourth-order valence-electron chi connectivity index (χ4n) is 1.64. The van der Waals surface area contributed by atoms with Gasteiger partial charge in [0.25, 0.3) is 0 Å². The van der Waals surface area contributed by atoms with E-state index in [4.69, 9.17) is 21.1 Å². The van der Waals surface area contributed by atoms with Crippen LogP contribution in [0.5, 0.6) is 0 Å². The van der Waals surface area contributed by atoms with Gasteiger partial charge in [-0.3, -0.25) is 0 Å². The Morgan fingerprint density at radius 3 is 2.60 bits per heavy atom. The van der Waals surface area contributed by atoms with Crippen LogP contribution in [-0.2, 0) is 9.47 Å². The summed E-state index contributed by atoms with van der Waals surface area (Å²) in [5.41, 5.74) is 0. The molecule has 1 aliphatic rings. The van der Waals surface area contributed by atoms with Crippen LogP contribution in [-0.4, -0.2) is 38.1 Å². The Bertz CT molecular complexity index is 347. The first kappa shape index (κ1) is 10.7. The molecule has 0 radical (unpaired) electrons. The predicted molar refractivity (Wildman–Crippen MR) is 58.2 cm³/mol. The van der Waals surface area contributed by atoms with Crippen LogP contribution >= 0.6 is 11.6 Å². The highest BCUT2D eigenvalue weighted by Gasteiger charge is 2.44. The van der Waals surface area contributed by atoms with Crippen molar-refractivity contribution in [1.29, 1.82) is 0 Å². The lowest BCUT2D eigenvalue weighted by Crippen LogP contribution is -2.64. The second kappa shape index (κ2) is 3.96. The monoisotopic (exact) mass is 228 g/mol. The molecule has 0 saturated carbocycles. The minimum atomic E-state index is -0.499.